The van der Waals surface area contributed by atoms with Gasteiger partial charge in [0.1, 0.15) is 25.6 Å². The maximum atomic E-state index is 6.26. The van der Waals surface area contributed by atoms with E-state index < -0.39 is 0 Å². The van der Waals surface area contributed by atoms with Crippen molar-refractivity contribution >= 4 is 0 Å². The first kappa shape index (κ1) is 29.9. The molecule has 0 bridgehead atoms. The predicted molar refractivity (Wildman–Crippen MR) is 175 cm³/mol. The molecule has 4 heteroatoms. The van der Waals surface area contributed by atoms with Crippen molar-refractivity contribution in [2.24, 2.45) is 0 Å². The molecule has 0 aliphatic heterocycles. The van der Waals surface area contributed by atoms with E-state index in [1.807, 2.05) is 60.7 Å². The predicted octanol–water partition coefficient (Wildman–Crippen LogP) is 8.58. The molecule has 0 saturated heterocycles. The molecule has 220 valence electrons. The van der Waals surface area contributed by atoms with E-state index in [0.29, 0.717) is 25.9 Å². The SMILES string of the molecule is CC(CCc1ccc(OCc2ccccc2)cc1)NCCc1ccc(OCc2ccccc2)c(OCc2ccccc2)c1. The van der Waals surface area contributed by atoms with Gasteiger partial charge in [0.15, 0.2) is 11.5 Å². The van der Waals surface area contributed by atoms with Crippen molar-refractivity contribution in [3.8, 4) is 17.2 Å². The van der Waals surface area contributed by atoms with E-state index in [1.165, 1.54) is 16.7 Å². The van der Waals surface area contributed by atoms with Gasteiger partial charge in [-0.1, -0.05) is 109 Å². The van der Waals surface area contributed by atoms with E-state index >= 15 is 0 Å². The third-order valence-electron chi connectivity index (χ3n) is 7.43. The van der Waals surface area contributed by atoms with Gasteiger partial charge < -0.3 is 19.5 Å². The van der Waals surface area contributed by atoms with Crippen LogP contribution in [-0.4, -0.2) is 12.6 Å². The van der Waals surface area contributed by atoms with Gasteiger partial charge in [-0.3, -0.25) is 0 Å². The summed E-state index contributed by atoms with van der Waals surface area (Å²) in [5.74, 6) is 2.45. The van der Waals surface area contributed by atoms with Crippen molar-refractivity contribution < 1.29 is 14.2 Å². The molecule has 5 aromatic carbocycles. The maximum Gasteiger partial charge on any atom is 0.161 e. The minimum Gasteiger partial charge on any atom is -0.489 e. The molecule has 0 aromatic heterocycles. The standard InChI is InChI=1S/C39H41NO3/c1-31(17-18-32-19-22-37(23-20-32)41-28-34-11-5-2-6-12-34)40-26-25-33-21-24-38(42-29-35-13-7-3-8-14-35)39(27-33)43-30-36-15-9-4-10-16-36/h2-16,19-24,27,31,40H,17-18,25-26,28-30H2,1H3. The topological polar surface area (TPSA) is 39.7 Å². The summed E-state index contributed by atoms with van der Waals surface area (Å²) in [6.07, 6.45) is 3.01. The molecule has 0 saturated carbocycles. The number of rotatable bonds is 16. The Labute approximate surface area is 256 Å². The molecular weight excluding hydrogens is 530 g/mol. The van der Waals surface area contributed by atoms with Crippen LogP contribution in [0.3, 0.4) is 0 Å². The Morgan fingerprint density at radius 3 is 1.58 bits per heavy atom. The summed E-state index contributed by atoms with van der Waals surface area (Å²) in [5.41, 5.74) is 5.99. The summed E-state index contributed by atoms with van der Waals surface area (Å²) >= 11 is 0. The highest BCUT2D eigenvalue weighted by molar-refractivity contribution is 5.43. The molecule has 1 N–H and O–H groups in total. The number of nitrogens with one attached hydrogen (secondary N) is 1. The fraction of sp³-hybridized carbons (Fsp3) is 0.231. The number of hydrogen-bond donors (Lipinski definition) is 1. The highest BCUT2D eigenvalue weighted by Gasteiger charge is 2.10. The summed E-state index contributed by atoms with van der Waals surface area (Å²) < 4.78 is 18.4. The fourth-order valence-electron chi connectivity index (χ4n) is 4.85. The van der Waals surface area contributed by atoms with Gasteiger partial charge in [0.05, 0.1) is 0 Å². The molecule has 0 radical (unpaired) electrons. The summed E-state index contributed by atoms with van der Waals surface area (Å²) in [7, 11) is 0. The van der Waals surface area contributed by atoms with Crippen LogP contribution < -0.4 is 19.5 Å². The number of benzene rings is 5. The van der Waals surface area contributed by atoms with Crippen LogP contribution in [0.25, 0.3) is 0 Å². The van der Waals surface area contributed by atoms with E-state index in [4.69, 9.17) is 14.2 Å². The molecule has 0 aliphatic carbocycles. The third-order valence-corrected chi connectivity index (χ3v) is 7.43. The van der Waals surface area contributed by atoms with Gasteiger partial charge in [-0.25, -0.2) is 0 Å². The Morgan fingerprint density at radius 2 is 1.00 bits per heavy atom. The normalized spacial score (nSPS) is 11.6. The molecule has 43 heavy (non-hydrogen) atoms. The van der Waals surface area contributed by atoms with Crippen molar-refractivity contribution in [1.29, 1.82) is 0 Å². The van der Waals surface area contributed by atoms with Crippen LogP contribution in [0.2, 0.25) is 0 Å². The van der Waals surface area contributed by atoms with Crippen LogP contribution in [0.4, 0.5) is 0 Å². The third kappa shape index (κ3) is 10.1. The molecule has 4 nitrogen and oxygen atoms in total. The minimum absolute atomic E-state index is 0.413. The zero-order chi connectivity index (χ0) is 29.5. The average molecular weight is 572 g/mol. The Morgan fingerprint density at radius 1 is 0.488 bits per heavy atom. The van der Waals surface area contributed by atoms with Gasteiger partial charge >= 0.3 is 0 Å². The van der Waals surface area contributed by atoms with Gasteiger partial charge in [0.25, 0.3) is 0 Å². The average Bonchev–Trinajstić information content (AvgIpc) is 3.07. The van der Waals surface area contributed by atoms with Crippen LogP contribution in [-0.2, 0) is 32.7 Å². The van der Waals surface area contributed by atoms with E-state index in [-0.39, 0.29) is 0 Å². The zero-order valence-electron chi connectivity index (χ0n) is 25.0. The smallest absolute Gasteiger partial charge is 0.161 e. The molecule has 5 aromatic rings. The monoisotopic (exact) mass is 571 g/mol. The fourth-order valence-corrected chi connectivity index (χ4v) is 4.85. The zero-order valence-corrected chi connectivity index (χ0v) is 25.0. The Balaban J connectivity index is 1.08. The van der Waals surface area contributed by atoms with Gasteiger partial charge in [0.2, 0.25) is 0 Å². The maximum absolute atomic E-state index is 6.26. The van der Waals surface area contributed by atoms with Crippen LogP contribution in [0.5, 0.6) is 17.2 Å². The number of hydrogen-bond acceptors (Lipinski definition) is 4. The number of ether oxygens (including phenoxy) is 3. The van der Waals surface area contributed by atoms with Crippen molar-refractivity contribution in [2.45, 2.75) is 52.0 Å². The summed E-state index contributed by atoms with van der Waals surface area (Å²) in [4.78, 5) is 0. The highest BCUT2D eigenvalue weighted by Crippen LogP contribution is 2.30. The lowest BCUT2D eigenvalue weighted by Gasteiger charge is -2.16. The van der Waals surface area contributed by atoms with Crippen molar-refractivity contribution in [3.63, 3.8) is 0 Å². The molecule has 1 unspecified atom stereocenters. The molecule has 0 amide bonds. The first-order chi connectivity index (χ1) is 21.2. The van der Waals surface area contributed by atoms with Gasteiger partial charge in [-0.15, -0.1) is 0 Å². The van der Waals surface area contributed by atoms with Crippen LogP contribution in [0, 0.1) is 0 Å². The molecule has 0 heterocycles. The lowest BCUT2D eigenvalue weighted by atomic mass is 10.1. The molecule has 5 rings (SSSR count). The van der Waals surface area contributed by atoms with Crippen LogP contribution >= 0.6 is 0 Å². The molecular formula is C39H41NO3. The summed E-state index contributed by atoms with van der Waals surface area (Å²) in [6.45, 7) is 4.75. The van der Waals surface area contributed by atoms with Gasteiger partial charge in [-0.05, 0) is 84.8 Å². The van der Waals surface area contributed by atoms with Gasteiger partial charge in [0, 0.05) is 6.04 Å². The highest BCUT2D eigenvalue weighted by atomic mass is 16.5. The Bertz CT molecular complexity index is 1490. The quantitative estimate of drug-likeness (QED) is 0.129. The second-order valence-electron chi connectivity index (χ2n) is 10.9. The lowest BCUT2D eigenvalue weighted by molar-refractivity contribution is 0.255. The summed E-state index contributed by atoms with van der Waals surface area (Å²) in [5, 5.41) is 3.69. The molecule has 1 atom stereocenters. The second kappa shape index (κ2) is 16.2. The van der Waals surface area contributed by atoms with Crippen LogP contribution in [0.1, 0.15) is 41.2 Å². The van der Waals surface area contributed by atoms with E-state index in [1.54, 1.807) is 0 Å². The summed E-state index contributed by atoms with van der Waals surface area (Å²) in [6, 6.07) is 45.9. The first-order valence-electron chi connectivity index (χ1n) is 15.2. The van der Waals surface area contributed by atoms with E-state index in [0.717, 1.165) is 54.2 Å². The first-order valence-corrected chi connectivity index (χ1v) is 15.2. The second-order valence-corrected chi connectivity index (χ2v) is 10.9. The lowest BCUT2D eigenvalue weighted by Crippen LogP contribution is -2.28. The van der Waals surface area contributed by atoms with Crippen molar-refractivity contribution in [3.05, 3.63) is 161 Å². The van der Waals surface area contributed by atoms with E-state index in [2.05, 4.69) is 85.0 Å². The van der Waals surface area contributed by atoms with Gasteiger partial charge in [-0.2, -0.15) is 0 Å². The van der Waals surface area contributed by atoms with Crippen molar-refractivity contribution in [1.82, 2.24) is 5.32 Å². The largest absolute Gasteiger partial charge is 0.489 e. The van der Waals surface area contributed by atoms with Crippen LogP contribution in [0.15, 0.2) is 133 Å². The van der Waals surface area contributed by atoms with Crippen molar-refractivity contribution in [2.75, 3.05) is 6.54 Å². The molecule has 0 fully saturated rings. The number of aryl methyl sites for hydroxylation is 1. The Kier molecular flexibility index (Phi) is 11.3. The molecule has 0 aliphatic rings. The van der Waals surface area contributed by atoms with E-state index in [9.17, 15) is 0 Å². The molecule has 0 spiro atoms. The Hall–Kier alpha value is -4.54. The minimum atomic E-state index is 0.413.